The summed E-state index contributed by atoms with van der Waals surface area (Å²) in [6.45, 7) is 6.42. The van der Waals surface area contributed by atoms with Gasteiger partial charge in [-0.2, -0.15) is 0 Å². The summed E-state index contributed by atoms with van der Waals surface area (Å²) in [7, 11) is 0. The Balaban J connectivity index is 2.54. The molecule has 0 aliphatic carbocycles. The maximum Gasteiger partial charge on any atom is 0.234 e. The Hall–Kier alpha value is -1.62. The summed E-state index contributed by atoms with van der Waals surface area (Å²) in [6.07, 6.45) is 0. The highest BCUT2D eigenvalue weighted by molar-refractivity contribution is 5.77. The fourth-order valence-corrected chi connectivity index (χ4v) is 1.55. The molecule has 1 amide bonds. The quantitative estimate of drug-likeness (QED) is 0.759. The predicted octanol–water partition coefficient (Wildman–Crippen LogP) is 0.622. The zero-order valence-electron chi connectivity index (χ0n) is 10.4. The molecule has 1 heterocycles. The number of nitrogens with zero attached hydrogens (tertiary/aromatic N) is 2. The lowest BCUT2D eigenvalue weighted by Crippen LogP contribution is -2.36. The Morgan fingerprint density at radius 1 is 1.47 bits per heavy atom. The van der Waals surface area contributed by atoms with Gasteiger partial charge in [-0.15, -0.1) is 0 Å². The van der Waals surface area contributed by atoms with Crippen molar-refractivity contribution in [1.29, 1.82) is 0 Å². The smallest absolute Gasteiger partial charge is 0.234 e. The Bertz CT molecular complexity index is 367. The second-order valence-electron chi connectivity index (χ2n) is 3.81. The van der Waals surface area contributed by atoms with Crippen LogP contribution in [0.4, 0.5) is 5.82 Å². The van der Waals surface area contributed by atoms with E-state index in [1.807, 2.05) is 30.9 Å². The van der Waals surface area contributed by atoms with Gasteiger partial charge in [0.25, 0.3) is 0 Å². The SMILES string of the molecule is CCNC(=O)CN(CC)Cc1cccc(N)n1. The molecular weight excluding hydrogens is 216 g/mol. The summed E-state index contributed by atoms with van der Waals surface area (Å²) in [5.41, 5.74) is 6.50. The van der Waals surface area contributed by atoms with Gasteiger partial charge >= 0.3 is 0 Å². The van der Waals surface area contributed by atoms with Gasteiger partial charge in [-0.25, -0.2) is 4.98 Å². The topological polar surface area (TPSA) is 71.2 Å². The van der Waals surface area contributed by atoms with Gasteiger partial charge in [0.05, 0.1) is 12.2 Å². The number of rotatable bonds is 6. The minimum absolute atomic E-state index is 0.0400. The number of pyridine rings is 1. The van der Waals surface area contributed by atoms with E-state index in [0.29, 0.717) is 25.5 Å². The number of carbonyl (C=O) groups excluding carboxylic acids is 1. The molecule has 94 valence electrons. The Kier molecular flexibility index (Phi) is 5.42. The lowest BCUT2D eigenvalue weighted by Gasteiger charge is -2.19. The summed E-state index contributed by atoms with van der Waals surface area (Å²) in [4.78, 5) is 17.7. The minimum Gasteiger partial charge on any atom is -0.384 e. The first kappa shape index (κ1) is 13.4. The van der Waals surface area contributed by atoms with Gasteiger partial charge in [0.15, 0.2) is 0 Å². The van der Waals surface area contributed by atoms with Crippen molar-refractivity contribution < 1.29 is 4.79 Å². The standard InChI is InChI=1S/C12H20N4O/c1-3-14-12(17)9-16(4-2)8-10-6-5-7-11(13)15-10/h5-7H,3-4,8-9H2,1-2H3,(H2,13,15)(H,14,17). The molecule has 0 aliphatic rings. The molecule has 17 heavy (non-hydrogen) atoms. The molecule has 0 bridgehead atoms. The van der Waals surface area contributed by atoms with E-state index >= 15 is 0 Å². The first-order valence-corrected chi connectivity index (χ1v) is 5.86. The fourth-order valence-electron chi connectivity index (χ4n) is 1.55. The van der Waals surface area contributed by atoms with Crippen molar-refractivity contribution >= 4 is 11.7 Å². The van der Waals surface area contributed by atoms with Crippen molar-refractivity contribution in [3.63, 3.8) is 0 Å². The number of likely N-dealkylation sites (N-methyl/N-ethyl adjacent to an activating group) is 2. The average molecular weight is 236 g/mol. The van der Waals surface area contributed by atoms with Crippen LogP contribution in [0.3, 0.4) is 0 Å². The number of aromatic nitrogens is 1. The number of anilines is 1. The maximum absolute atomic E-state index is 11.5. The molecule has 1 rings (SSSR count). The van der Waals surface area contributed by atoms with E-state index in [-0.39, 0.29) is 5.91 Å². The first-order valence-electron chi connectivity index (χ1n) is 5.86. The number of carbonyl (C=O) groups is 1. The van der Waals surface area contributed by atoms with Crippen LogP contribution in [0.15, 0.2) is 18.2 Å². The van der Waals surface area contributed by atoms with Gasteiger partial charge in [-0.3, -0.25) is 9.69 Å². The van der Waals surface area contributed by atoms with Gasteiger partial charge in [-0.05, 0) is 25.6 Å². The predicted molar refractivity (Wildman–Crippen MR) is 68.3 cm³/mol. The second-order valence-corrected chi connectivity index (χ2v) is 3.81. The van der Waals surface area contributed by atoms with Gasteiger partial charge in [0.1, 0.15) is 5.82 Å². The molecule has 0 atom stereocenters. The molecule has 5 nitrogen and oxygen atoms in total. The highest BCUT2D eigenvalue weighted by atomic mass is 16.2. The molecule has 3 N–H and O–H groups in total. The molecule has 0 saturated heterocycles. The van der Waals surface area contributed by atoms with Gasteiger partial charge in [0, 0.05) is 13.1 Å². The summed E-state index contributed by atoms with van der Waals surface area (Å²) >= 11 is 0. The third kappa shape index (κ3) is 4.82. The molecule has 5 heteroatoms. The molecule has 1 aromatic rings. The van der Waals surface area contributed by atoms with Gasteiger partial charge < -0.3 is 11.1 Å². The number of amides is 1. The Morgan fingerprint density at radius 2 is 2.24 bits per heavy atom. The van der Waals surface area contributed by atoms with Crippen LogP contribution in [0.1, 0.15) is 19.5 Å². The van der Waals surface area contributed by atoms with Crippen LogP contribution in [-0.2, 0) is 11.3 Å². The maximum atomic E-state index is 11.5. The fraction of sp³-hybridized carbons (Fsp3) is 0.500. The summed E-state index contributed by atoms with van der Waals surface area (Å²) in [5, 5.41) is 2.78. The highest BCUT2D eigenvalue weighted by Crippen LogP contribution is 2.04. The number of hydrogen-bond acceptors (Lipinski definition) is 4. The monoisotopic (exact) mass is 236 g/mol. The number of hydrogen-bond donors (Lipinski definition) is 2. The van der Waals surface area contributed by atoms with Crippen LogP contribution in [0.2, 0.25) is 0 Å². The van der Waals surface area contributed by atoms with E-state index < -0.39 is 0 Å². The largest absolute Gasteiger partial charge is 0.384 e. The number of nitrogens with two attached hydrogens (primary N) is 1. The number of nitrogen functional groups attached to an aromatic ring is 1. The highest BCUT2D eigenvalue weighted by Gasteiger charge is 2.09. The van der Waals surface area contributed by atoms with Crippen LogP contribution in [0, 0.1) is 0 Å². The molecular formula is C12H20N4O. The zero-order valence-corrected chi connectivity index (χ0v) is 10.4. The van der Waals surface area contributed by atoms with E-state index in [0.717, 1.165) is 12.2 Å². The average Bonchev–Trinajstić information content (AvgIpc) is 2.28. The van der Waals surface area contributed by atoms with Crippen LogP contribution in [0.5, 0.6) is 0 Å². The van der Waals surface area contributed by atoms with Gasteiger partial charge in [-0.1, -0.05) is 13.0 Å². The lowest BCUT2D eigenvalue weighted by molar-refractivity contribution is -0.122. The van der Waals surface area contributed by atoms with Crippen molar-refractivity contribution in [3.8, 4) is 0 Å². The molecule has 0 aliphatic heterocycles. The van der Waals surface area contributed by atoms with E-state index in [9.17, 15) is 4.79 Å². The van der Waals surface area contributed by atoms with Crippen molar-refractivity contribution in [3.05, 3.63) is 23.9 Å². The summed E-state index contributed by atoms with van der Waals surface area (Å²) in [5.74, 6) is 0.551. The Morgan fingerprint density at radius 3 is 2.82 bits per heavy atom. The van der Waals surface area contributed by atoms with Crippen molar-refractivity contribution in [2.75, 3.05) is 25.4 Å². The normalized spacial score (nSPS) is 10.5. The third-order valence-electron chi connectivity index (χ3n) is 2.40. The molecule has 1 aromatic heterocycles. The molecule has 0 unspecified atom stereocenters. The van der Waals surface area contributed by atoms with E-state index in [1.54, 1.807) is 6.07 Å². The Labute approximate surface area is 102 Å². The lowest BCUT2D eigenvalue weighted by atomic mass is 10.3. The second kappa shape index (κ2) is 6.85. The summed E-state index contributed by atoms with van der Waals surface area (Å²) in [6, 6.07) is 5.54. The van der Waals surface area contributed by atoms with Crippen LogP contribution >= 0.6 is 0 Å². The van der Waals surface area contributed by atoms with Crippen LogP contribution < -0.4 is 11.1 Å². The molecule has 0 saturated carbocycles. The molecule has 0 radical (unpaired) electrons. The van der Waals surface area contributed by atoms with Gasteiger partial charge in [0.2, 0.25) is 5.91 Å². The van der Waals surface area contributed by atoms with Crippen molar-refractivity contribution in [1.82, 2.24) is 15.2 Å². The van der Waals surface area contributed by atoms with Crippen LogP contribution in [-0.4, -0.2) is 35.4 Å². The first-order chi connectivity index (χ1) is 8.15. The van der Waals surface area contributed by atoms with Crippen molar-refractivity contribution in [2.24, 2.45) is 0 Å². The molecule has 0 fully saturated rings. The summed E-state index contributed by atoms with van der Waals surface area (Å²) < 4.78 is 0. The van der Waals surface area contributed by atoms with Crippen LogP contribution in [0.25, 0.3) is 0 Å². The minimum atomic E-state index is 0.0400. The molecule has 0 aromatic carbocycles. The third-order valence-corrected chi connectivity index (χ3v) is 2.40. The zero-order chi connectivity index (χ0) is 12.7. The number of nitrogens with one attached hydrogen (secondary N) is 1. The van der Waals surface area contributed by atoms with E-state index in [4.69, 9.17) is 5.73 Å². The van der Waals surface area contributed by atoms with E-state index in [2.05, 4.69) is 10.3 Å². The van der Waals surface area contributed by atoms with E-state index in [1.165, 1.54) is 0 Å². The molecule has 0 spiro atoms. The van der Waals surface area contributed by atoms with Crippen molar-refractivity contribution in [2.45, 2.75) is 20.4 Å².